The normalized spacial score (nSPS) is 15.5. The summed E-state index contributed by atoms with van der Waals surface area (Å²) >= 11 is 6.50. The highest BCUT2D eigenvalue weighted by atomic mass is 35.5. The van der Waals surface area contributed by atoms with Crippen molar-refractivity contribution < 1.29 is 22.7 Å². The number of aryl methyl sites for hydroxylation is 1. The average molecular weight is 789 g/mol. The van der Waals surface area contributed by atoms with Gasteiger partial charge in [-0.3, -0.25) is 19.9 Å². The van der Waals surface area contributed by atoms with Crippen molar-refractivity contribution in [2.45, 2.75) is 82.7 Å². The summed E-state index contributed by atoms with van der Waals surface area (Å²) in [6.45, 7) is 12.1. The summed E-state index contributed by atoms with van der Waals surface area (Å²) in [5, 5.41) is 8.48. The highest BCUT2D eigenvalue weighted by Crippen LogP contribution is 2.38. The molecule has 0 bridgehead atoms. The number of benzene rings is 3. The zero-order chi connectivity index (χ0) is 39.4. The van der Waals surface area contributed by atoms with Crippen LogP contribution in [0.25, 0.3) is 0 Å². The van der Waals surface area contributed by atoms with Crippen molar-refractivity contribution in [2.24, 2.45) is 0 Å². The number of imide groups is 1. The first-order valence-electron chi connectivity index (χ1n) is 18.6. The molecule has 0 saturated carbocycles. The number of sulfone groups is 1. The zero-order valence-electron chi connectivity index (χ0n) is 32.1. The Kier molecular flexibility index (Phi) is 12.2. The van der Waals surface area contributed by atoms with E-state index in [1.165, 1.54) is 6.20 Å². The number of carbonyl (C=O) groups excluding carboxylic acids is 2. The molecule has 2 aliphatic heterocycles. The molecule has 2 aliphatic rings. The molecule has 4 aromatic rings. The molecule has 3 heterocycles. The van der Waals surface area contributed by atoms with Crippen molar-refractivity contribution in [1.29, 1.82) is 0 Å². The molecule has 6 rings (SSSR count). The Balaban J connectivity index is 1.16. The minimum atomic E-state index is -3.57. The molecule has 0 spiro atoms. The van der Waals surface area contributed by atoms with Crippen LogP contribution < -0.4 is 30.5 Å². The Morgan fingerprint density at radius 2 is 1.67 bits per heavy atom. The lowest BCUT2D eigenvalue weighted by molar-refractivity contribution is -0.120. The second-order valence-corrected chi connectivity index (χ2v) is 17.4. The van der Waals surface area contributed by atoms with E-state index in [9.17, 15) is 18.0 Å². The highest BCUT2D eigenvalue weighted by molar-refractivity contribution is 7.92. The molecule has 3 amide bonds. The maximum Gasteiger partial charge on any atom is 0.328 e. The summed E-state index contributed by atoms with van der Waals surface area (Å²) in [5.74, 6) is 0.925. The maximum absolute atomic E-state index is 13.1. The minimum Gasteiger partial charge on any atom is -0.489 e. The summed E-state index contributed by atoms with van der Waals surface area (Å²) in [6.07, 6.45) is 3.56. The van der Waals surface area contributed by atoms with E-state index < -0.39 is 15.1 Å². The molecule has 292 valence electrons. The molecular weight excluding hydrogens is 740 g/mol. The lowest BCUT2D eigenvalue weighted by Crippen LogP contribution is -2.50. The minimum absolute atomic E-state index is 0.0994. The maximum atomic E-state index is 13.1. The van der Waals surface area contributed by atoms with Crippen LogP contribution >= 0.6 is 11.6 Å². The number of nitrogens with zero attached hydrogens (tertiary/aromatic N) is 5. The molecular formula is C40H49ClN8O5S. The van der Waals surface area contributed by atoms with E-state index in [1.54, 1.807) is 43.0 Å². The van der Waals surface area contributed by atoms with E-state index in [0.717, 1.165) is 48.4 Å². The van der Waals surface area contributed by atoms with E-state index >= 15 is 0 Å². The Bertz CT molecular complexity index is 2160. The molecule has 0 unspecified atom stereocenters. The molecule has 3 aromatic carbocycles. The number of hydrogen-bond donors (Lipinski definition) is 3. The molecule has 0 aliphatic carbocycles. The number of urea groups is 1. The van der Waals surface area contributed by atoms with Gasteiger partial charge in [0.2, 0.25) is 11.9 Å². The van der Waals surface area contributed by atoms with Gasteiger partial charge in [0.25, 0.3) is 0 Å². The summed E-state index contributed by atoms with van der Waals surface area (Å²) in [7, 11) is -1.45. The fourth-order valence-electron chi connectivity index (χ4n) is 6.95. The predicted molar refractivity (Wildman–Crippen MR) is 218 cm³/mol. The van der Waals surface area contributed by atoms with E-state index in [4.69, 9.17) is 16.3 Å². The monoisotopic (exact) mass is 788 g/mol. The first-order valence-corrected chi connectivity index (χ1v) is 20.5. The van der Waals surface area contributed by atoms with Gasteiger partial charge in [-0.1, -0.05) is 41.9 Å². The Labute approximate surface area is 328 Å². The van der Waals surface area contributed by atoms with Gasteiger partial charge < -0.3 is 20.3 Å². The SMILES string of the molecule is Cc1cc(Nc2ncc(Cl)c(Nc3ccccc3S(=O)(=O)C(C)C)n2)c(OC(C)C)cc1N1CCC(N(C)Cc2ccccc2N2CCC(=O)NC2=O)CC1. The second-order valence-electron chi connectivity index (χ2n) is 14.5. The van der Waals surface area contributed by atoms with Crippen LogP contribution in [0.4, 0.5) is 39.3 Å². The Morgan fingerprint density at radius 1 is 0.964 bits per heavy atom. The van der Waals surface area contributed by atoms with Crippen LogP contribution in [0, 0.1) is 6.92 Å². The van der Waals surface area contributed by atoms with Crippen molar-refractivity contribution in [1.82, 2.24) is 20.2 Å². The van der Waals surface area contributed by atoms with Gasteiger partial charge in [0.15, 0.2) is 15.7 Å². The predicted octanol–water partition coefficient (Wildman–Crippen LogP) is 7.44. The number of para-hydroxylation sites is 2. The van der Waals surface area contributed by atoms with Gasteiger partial charge in [0, 0.05) is 56.1 Å². The quantitative estimate of drug-likeness (QED) is 0.124. The fraction of sp³-hybridized carbons (Fsp3) is 0.400. The number of nitrogens with one attached hydrogen (secondary N) is 3. The lowest BCUT2D eigenvalue weighted by Gasteiger charge is -2.39. The molecule has 1 aromatic heterocycles. The van der Waals surface area contributed by atoms with E-state index in [0.29, 0.717) is 36.3 Å². The van der Waals surface area contributed by atoms with E-state index in [1.807, 2.05) is 44.2 Å². The average Bonchev–Trinajstić information content (AvgIpc) is 3.14. The summed E-state index contributed by atoms with van der Waals surface area (Å²) in [4.78, 5) is 39.9. The topological polar surface area (TPSA) is 149 Å². The van der Waals surface area contributed by atoms with Crippen molar-refractivity contribution in [3.63, 3.8) is 0 Å². The van der Waals surface area contributed by atoms with Gasteiger partial charge in [0.05, 0.1) is 33.8 Å². The molecule has 15 heteroatoms. The third-order valence-electron chi connectivity index (χ3n) is 9.90. The molecule has 0 radical (unpaired) electrons. The zero-order valence-corrected chi connectivity index (χ0v) is 33.7. The fourth-order valence-corrected chi connectivity index (χ4v) is 8.29. The summed E-state index contributed by atoms with van der Waals surface area (Å²) in [5.41, 5.74) is 5.07. The number of anilines is 6. The molecule has 2 saturated heterocycles. The van der Waals surface area contributed by atoms with Gasteiger partial charge >= 0.3 is 6.03 Å². The largest absolute Gasteiger partial charge is 0.489 e. The van der Waals surface area contributed by atoms with Gasteiger partial charge in [-0.2, -0.15) is 4.98 Å². The van der Waals surface area contributed by atoms with Crippen molar-refractivity contribution in [2.75, 3.05) is 47.1 Å². The third kappa shape index (κ3) is 9.14. The summed E-state index contributed by atoms with van der Waals surface area (Å²) < 4.78 is 32.5. The van der Waals surface area contributed by atoms with Crippen LogP contribution in [0.5, 0.6) is 5.75 Å². The van der Waals surface area contributed by atoms with E-state index in [-0.39, 0.29) is 46.1 Å². The number of carbonyl (C=O) groups is 2. The first-order chi connectivity index (χ1) is 26.2. The summed E-state index contributed by atoms with van der Waals surface area (Å²) in [6, 6.07) is 18.6. The number of amides is 3. The van der Waals surface area contributed by atoms with Crippen LogP contribution in [0.3, 0.4) is 0 Å². The third-order valence-corrected chi connectivity index (χ3v) is 12.4. The number of rotatable bonds is 13. The molecule has 55 heavy (non-hydrogen) atoms. The lowest BCUT2D eigenvalue weighted by atomic mass is 10.0. The van der Waals surface area contributed by atoms with Crippen LogP contribution in [-0.4, -0.2) is 79.3 Å². The van der Waals surface area contributed by atoms with Crippen LogP contribution in [0.2, 0.25) is 5.02 Å². The van der Waals surface area contributed by atoms with Gasteiger partial charge in [0.1, 0.15) is 10.8 Å². The number of aromatic nitrogens is 2. The van der Waals surface area contributed by atoms with Crippen LogP contribution in [0.1, 0.15) is 58.1 Å². The highest BCUT2D eigenvalue weighted by Gasteiger charge is 2.29. The Hall–Kier alpha value is -4.92. The van der Waals surface area contributed by atoms with Gasteiger partial charge in [-0.25, -0.2) is 18.2 Å². The first kappa shape index (κ1) is 39.8. The smallest absolute Gasteiger partial charge is 0.328 e. The molecule has 3 N–H and O–H groups in total. The second kappa shape index (κ2) is 16.8. The van der Waals surface area contributed by atoms with Crippen molar-refractivity contribution in [3.05, 3.63) is 83.0 Å². The molecule has 0 atom stereocenters. The van der Waals surface area contributed by atoms with E-state index in [2.05, 4.69) is 55.8 Å². The molecule has 13 nitrogen and oxygen atoms in total. The van der Waals surface area contributed by atoms with Gasteiger partial charge in [-0.05, 0) is 89.9 Å². The Morgan fingerprint density at radius 3 is 2.38 bits per heavy atom. The van der Waals surface area contributed by atoms with Gasteiger partial charge in [-0.15, -0.1) is 0 Å². The number of ether oxygens (including phenoxy) is 1. The molecule has 2 fully saturated rings. The number of hydrogen-bond acceptors (Lipinski definition) is 11. The standard InChI is InChI=1S/C40H49ClN8O5S/c1-25(2)54-35-22-34(48-18-15-29(16-19-48)47(6)24-28-11-7-9-13-33(28)49-20-17-37(50)45-40(49)51)27(5)21-32(35)44-39-42-23-30(41)38(46-39)43-31-12-8-10-14-36(31)55(52,53)26(3)4/h7-14,21-23,25-26,29H,15-20,24H2,1-6H3,(H,45,50,51)(H2,42,43,44,46). The van der Waals surface area contributed by atoms with Crippen molar-refractivity contribution >= 4 is 67.9 Å². The number of halogens is 1. The van der Waals surface area contributed by atoms with Crippen molar-refractivity contribution in [3.8, 4) is 5.75 Å². The van der Waals surface area contributed by atoms with Crippen LogP contribution in [0.15, 0.2) is 71.8 Å². The van der Waals surface area contributed by atoms with Crippen LogP contribution in [-0.2, 0) is 21.2 Å². The number of piperidine rings is 1.